The molecule has 2 aromatic carbocycles. The molecule has 6 heteroatoms. The Bertz CT molecular complexity index is 678. The number of carboxylic acids is 1. The zero-order chi connectivity index (χ0) is 15.6. The average Bonchev–Trinajstić information content (AvgIpc) is 2.37. The van der Waals surface area contributed by atoms with Crippen LogP contribution in [0.1, 0.15) is 21.5 Å². The van der Waals surface area contributed by atoms with Gasteiger partial charge in [-0.25, -0.2) is 4.79 Å². The highest BCUT2D eigenvalue weighted by Crippen LogP contribution is 2.34. The zero-order valence-electron chi connectivity index (χ0n) is 10.9. The molecule has 0 radical (unpaired) electrons. The van der Waals surface area contributed by atoms with Crippen molar-refractivity contribution in [2.75, 3.05) is 0 Å². The minimum atomic E-state index is -4.61. The largest absolute Gasteiger partial charge is 0.478 e. The number of benzene rings is 2. The van der Waals surface area contributed by atoms with Gasteiger partial charge in [-0.15, -0.1) is 0 Å². The van der Waals surface area contributed by atoms with Gasteiger partial charge in [-0.05, 0) is 42.8 Å². The van der Waals surface area contributed by atoms with Gasteiger partial charge in [0.25, 0.3) is 0 Å². The second-order valence-corrected chi connectivity index (χ2v) is 4.43. The number of hydrogen-bond acceptors (Lipinski definition) is 2. The summed E-state index contributed by atoms with van der Waals surface area (Å²) in [6, 6.07) is 9.13. The molecule has 21 heavy (non-hydrogen) atoms. The number of aromatic carboxylic acids is 1. The number of rotatable bonds is 3. The van der Waals surface area contributed by atoms with Crippen LogP contribution in [0.15, 0.2) is 42.5 Å². The fraction of sp³-hybridized carbons (Fsp3) is 0.133. The SMILES string of the molecule is Cc1cccc(Oc2ccc(C(F)(F)F)cc2C(=O)O)c1. The van der Waals surface area contributed by atoms with Crippen molar-refractivity contribution in [3.63, 3.8) is 0 Å². The highest BCUT2D eigenvalue weighted by Gasteiger charge is 2.32. The summed E-state index contributed by atoms with van der Waals surface area (Å²) in [6.45, 7) is 1.82. The van der Waals surface area contributed by atoms with Crippen LogP contribution in [-0.4, -0.2) is 11.1 Å². The normalized spacial score (nSPS) is 11.2. The summed E-state index contributed by atoms with van der Waals surface area (Å²) in [5.74, 6) is -1.26. The molecule has 3 nitrogen and oxygen atoms in total. The van der Waals surface area contributed by atoms with E-state index in [0.717, 1.165) is 17.7 Å². The van der Waals surface area contributed by atoms with Gasteiger partial charge in [-0.2, -0.15) is 13.2 Å². The Morgan fingerprint density at radius 1 is 1.14 bits per heavy atom. The predicted octanol–water partition coefficient (Wildman–Crippen LogP) is 4.50. The van der Waals surface area contributed by atoms with Gasteiger partial charge in [0.2, 0.25) is 0 Å². The first-order chi connectivity index (χ1) is 9.77. The lowest BCUT2D eigenvalue weighted by Crippen LogP contribution is -2.08. The van der Waals surface area contributed by atoms with Gasteiger partial charge in [-0.1, -0.05) is 12.1 Å². The lowest BCUT2D eigenvalue weighted by molar-refractivity contribution is -0.137. The second kappa shape index (κ2) is 5.47. The van der Waals surface area contributed by atoms with Crippen molar-refractivity contribution in [1.29, 1.82) is 0 Å². The Kier molecular flexibility index (Phi) is 3.88. The summed E-state index contributed by atoms with van der Waals surface area (Å²) in [5.41, 5.74) is -0.681. The summed E-state index contributed by atoms with van der Waals surface area (Å²) in [5, 5.41) is 9.04. The Hall–Kier alpha value is -2.50. The van der Waals surface area contributed by atoms with Crippen LogP contribution in [0.4, 0.5) is 13.2 Å². The van der Waals surface area contributed by atoms with Crippen LogP contribution in [0.3, 0.4) is 0 Å². The molecule has 0 aliphatic rings. The van der Waals surface area contributed by atoms with Crippen molar-refractivity contribution in [3.05, 3.63) is 59.2 Å². The van der Waals surface area contributed by atoms with E-state index in [4.69, 9.17) is 9.84 Å². The van der Waals surface area contributed by atoms with E-state index in [1.165, 1.54) is 0 Å². The Morgan fingerprint density at radius 2 is 1.86 bits per heavy atom. The third kappa shape index (κ3) is 3.53. The lowest BCUT2D eigenvalue weighted by atomic mass is 10.1. The van der Waals surface area contributed by atoms with Gasteiger partial charge in [-0.3, -0.25) is 0 Å². The molecule has 110 valence electrons. The second-order valence-electron chi connectivity index (χ2n) is 4.43. The predicted molar refractivity (Wildman–Crippen MR) is 69.7 cm³/mol. The molecular formula is C15H11F3O3. The maximum Gasteiger partial charge on any atom is 0.416 e. The lowest BCUT2D eigenvalue weighted by Gasteiger charge is -2.12. The number of carboxylic acid groups (broad SMARTS) is 1. The maximum atomic E-state index is 12.6. The van der Waals surface area contributed by atoms with E-state index in [0.29, 0.717) is 11.8 Å². The van der Waals surface area contributed by atoms with Crippen molar-refractivity contribution in [1.82, 2.24) is 0 Å². The zero-order valence-corrected chi connectivity index (χ0v) is 10.9. The molecule has 0 spiro atoms. The molecule has 0 heterocycles. The quantitative estimate of drug-likeness (QED) is 0.906. The first-order valence-corrected chi connectivity index (χ1v) is 5.96. The first-order valence-electron chi connectivity index (χ1n) is 5.96. The van der Waals surface area contributed by atoms with Gasteiger partial charge in [0, 0.05) is 0 Å². The molecule has 0 atom stereocenters. The highest BCUT2D eigenvalue weighted by atomic mass is 19.4. The van der Waals surface area contributed by atoms with Crippen LogP contribution in [0.5, 0.6) is 11.5 Å². The fourth-order valence-electron chi connectivity index (χ4n) is 1.77. The molecule has 2 rings (SSSR count). The topological polar surface area (TPSA) is 46.5 Å². The summed E-state index contributed by atoms with van der Waals surface area (Å²) in [6.07, 6.45) is -4.61. The van der Waals surface area contributed by atoms with Crippen LogP contribution in [0, 0.1) is 6.92 Å². The monoisotopic (exact) mass is 296 g/mol. The standard InChI is InChI=1S/C15H11F3O3/c1-9-3-2-4-11(7-9)21-13-6-5-10(15(16,17)18)8-12(13)14(19)20/h2-8H,1H3,(H,19,20). The fourth-order valence-corrected chi connectivity index (χ4v) is 1.77. The van der Waals surface area contributed by atoms with Crippen LogP contribution in [0.2, 0.25) is 0 Å². The molecule has 0 saturated carbocycles. The van der Waals surface area contributed by atoms with Crippen LogP contribution in [-0.2, 0) is 6.18 Å². The maximum absolute atomic E-state index is 12.6. The smallest absolute Gasteiger partial charge is 0.416 e. The van der Waals surface area contributed by atoms with Gasteiger partial charge in [0.05, 0.1) is 5.56 Å². The number of halogens is 3. The average molecular weight is 296 g/mol. The van der Waals surface area contributed by atoms with Crippen molar-refractivity contribution >= 4 is 5.97 Å². The molecule has 1 N–H and O–H groups in total. The molecule has 0 aliphatic heterocycles. The Morgan fingerprint density at radius 3 is 2.43 bits per heavy atom. The van der Waals surface area contributed by atoms with Gasteiger partial charge < -0.3 is 9.84 Å². The Balaban J connectivity index is 2.42. The third-order valence-corrected chi connectivity index (χ3v) is 2.75. The van der Waals surface area contributed by atoms with E-state index in [1.807, 2.05) is 13.0 Å². The molecule has 0 fully saturated rings. The van der Waals surface area contributed by atoms with Crippen LogP contribution in [0.25, 0.3) is 0 Å². The van der Waals surface area contributed by atoms with E-state index in [-0.39, 0.29) is 5.75 Å². The van der Waals surface area contributed by atoms with Crippen LogP contribution < -0.4 is 4.74 Å². The summed E-state index contributed by atoms with van der Waals surface area (Å²) in [7, 11) is 0. The minimum absolute atomic E-state index is 0.138. The molecule has 0 saturated heterocycles. The minimum Gasteiger partial charge on any atom is -0.478 e. The molecular weight excluding hydrogens is 285 g/mol. The van der Waals surface area contributed by atoms with Gasteiger partial charge >= 0.3 is 12.1 Å². The summed E-state index contributed by atoms with van der Waals surface area (Å²) < 4.78 is 43.2. The number of carbonyl (C=O) groups is 1. The van der Waals surface area contributed by atoms with E-state index in [2.05, 4.69) is 0 Å². The van der Waals surface area contributed by atoms with E-state index >= 15 is 0 Å². The van der Waals surface area contributed by atoms with Crippen LogP contribution >= 0.6 is 0 Å². The first kappa shape index (κ1) is 14.9. The molecule has 0 unspecified atom stereocenters. The highest BCUT2D eigenvalue weighted by molar-refractivity contribution is 5.91. The van der Waals surface area contributed by atoms with E-state index in [9.17, 15) is 18.0 Å². The number of hydrogen-bond donors (Lipinski definition) is 1. The molecule has 2 aromatic rings. The number of aryl methyl sites for hydroxylation is 1. The van der Waals surface area contributed by atoms with E-state index < -0.39 is 23.3 Å². The van der Waals surface area contributed by atoms with Crippen molar-refractivity contribution in [2.24, 2.45) is 0 Å². The summed E-state index contributed by atoms with van der Waals surface area (Å²) >= 11 is 0. The summed E-state index contributed by atoms with van der Waals surface area (Å²) in [4.78, 5) is 11.1. The van der Waals surface area contributed by atoms with Gasteiger partial charge in [0.15, 0.2) is 0 Å². The van der Waals surface area contributed by atoms with E-state index in [1.54, 1.807) is 18.2 Å². The van der Waals surface area contributed by atoms with Crippen molar-refractivity contribution in [3.8, 4) is 11.5 Å². The van der Waals surface area contributed by atoms with Crippen molar-refractivity contribution < 1.29 is 27.8 Å². The van der Waals surface area contributed by atoms with Gasteiger partial charge in [0.1, 0.15) is 17.1 Å². The number of alkyl halides is 3. The molecule has 0 aromatic heterocycles. The van der Waals surface area contributed by atoms with Crippen molar-refractivity contribution in [2.45, 2.75) is 13.1 Å². The Labute approximate surface area is 118 Å². The third-order valence-electron chi connectivity index (χ3n) is 2.75. The number of ether oxygens (including phenoxy) is 1. The molecule has 0 aliphatic carbocycles. The molecule has 0 amide bonds. The molecule has 0 bridgehead atoms.